The van der Waals surface area contributed by atoms with Crippen LogP contribution >= 0.6 is 0 Å². The first-order chi connectivity index (χ1) is 11.1. The quantitative estimate of drug-likeness (QED) is 0.907. The van der Waals surface area contributed by atoms with E-state index < -0.39 is 0 Å². The highest BCUT2D eigenvalue weighted by molar-refractivity contribution is 5.95. The van der Waals surface area contributed by atoms with Gasteiger partial charge in [0.1, 0.15) is 0 Å². The van der Waals surface area contributed by atoms with Crippen LogP contribution in [0.25, 0.3) is 0 Å². The first-order valence-corrected chi connectivity index (χ1v) is 7.82. The molecule has 0 aliphatic carbocycles. The molecule has 1 fully saturated rings. The fraction of sp³-hybridized carbons (Fsp3) is 0.353. The summed E-state index contributed by atoms with van der Waals surface area (Å²) in [5.74, 6) is 0.730. The second-order valence-electron chi connectivity index (χ2n) is 5.82. The molecule has 2 heterocycles. The van der Waals surface area contributed by atoms with Gasteiger partial charge in [-0.25, -0.2) is 0 Å². The zero-order valence-corrected chi connectivity index (χ0v) is 13.4. The Morgan fingerprint density at radius 3 is 2.91 bits per heavy atom. The zero-order valence-electron chi connectivity index (χ0n) is 13.4. The lowest BCUT2D eigenvalue weighted by Crippen LogP contribution is -2.52. The molecule has 0 bridgehead atoms. The van der Waals surface area contributed by atoms with Gasteiger partial charge in [0.25, 0.3) is 5.91 Å². The molecule has 1 aliphatic rings. The van der Waals surface area contributed by atoms with Crippen molar-refractivity contribution in [2.24, 2.45) is 0 Å². The Bertz CT molecular complexity index is 686. The van der Waals surface area contributed by atoms with Crippen LogP contribution in [0.4, 0.5) is 11.5 Å². The van der Waals surface area contributed by atoms with Gasteiger partial charge in [-0.05, 0) is 44.2 Å². The van der Waals surface area contributed by atoms with Crippen LogP contribution in [0.1, 0.15) is 23.0 Å². The molecule has 1 aromatic heterocycles. The van der Waals surface area contributed by atoms with E-state index in [0.717, 1.165) is 31.0 Å². The SMILES string of the molecule is Cc1ccc(Nc2cccc(C(=O)N3CCNC[C@@H]3C)c2)nn1. The predicted molar refractivity (Wildman–Crippen MR) is 89.9 cm³/mol. The van der Waals surface area contributed by atoms with Crippen molar-refractivity contribution >= 4 is 17.4 Å². The number of benzene rings is 1. The number of carbonyl (C=O) groups is 1. The van der Waals surface area contributed by atoms with Crippen LogP contribution < -0.4 is 10.6 Å². The van der Waals surface area contributed by atoms with Crippen molar-refractivity contribution in [3.05, 3.63) is 47.7 Å². The van der Waals surface area contributed by atoms with E-state index in [1.807, 2.05) is 48.2 Å². The number of rotatable bonds is 3. The third-order valence-corrected chi connectivity index (χ3v) is 3.94. The summed E-state index contributed by atoms with van der Waals surface area (Å²) in [5.41, 5.74) is 2.38. The summed E-state index contributed by atoms with van der Waals surface area (Å²) in [4.78, 5) is 14.6. The molecule has 0 radical (unpaired) electrons. The highest BCUT2D eigenvalue weighted by atomic mass is 16.2. The van der Waals surface area contributed by atoms with Crippen molar-refractivity contribution in [1.29, 1.82) is 0 Å². The van der Waals surface area contributed by atoms with Crippen LogP contribution in [0.15, 0.2) is 36.4 Å². The summed E-state index contributed by atoms with van der Waals surface area (Å²) in [5, 5.41) is 14.6. The molecular formula is C17H21N5O. The normalized spacial score (nSPS) is 17.8. The fourth-order valence-electron chi connectivity index (χ4n) is 2.65. The monoisotopic (exact) mass is 311 g/mol. The lowest BCUT2D eigenvalue weighted by atomic mass is 10.1. The van der Waals surface area contributed by atoms with E-state index in [9.17, 15) is 4.79 Å². The average molecular weight is 311 g/mol. The zero-order chi connectivity index (χ0) is 16.2. The van der Waals surface area contributed by atoms with Gasteiger partial charge >= 0.3 is 0 Å². The second kappa shape index (κ2) is 6.75. The molecule has 1 saturated heterocycles. The second-order valence-corrected chi connectivity index (χ2v) is 5.82. The molecule has 23 heavy (non-hydrogen) atoms. The van der Waals surface area contributed by atoms with Crippen molar-refractivity contribution in [3.63, 3.8) is 0 Å². The Morgan fingerprint density at radius 1 is 1.30 bits per heavy atom. The summed E-state index contributed by atoms with van der Waals surface area (Å²) >= 11 is 0. The number of nitrogens with zero attached hydrogens (tertiary/aromatic N) is 3. The highest BCUT2D eigenvalue weighted by Gasteiger charge is 2.24. The van der Waals surface area contributed by atoms with Crippen LogP contribution in [-0.2, 0) is 0 Å². The maximum atomic E-state index is 12.7. The Balaban J connectivity index is 1.76. The van der Waals surface area contributed by atoms with E-state index in [2.05, 4.69) is 27.8 Å². The van der Waals surface area contributed by atoms with Crippen molar-refractivity contribution < 1.29 is 4.79 Å². The number of carbonyl (C=O) groups excluding carboxylic acids is 1. The van der Waals surface area contributed by atoms with Gasteiger partial charge in [-0.15, -0.1) is 5.10 Å². The van der Waals surface area contributed by atoms with E-state index in [4.69, 9.17) is 0 Å². The van der Waals surface area contributed by atoms with E-state index >= 15 is 0 Å². The van der Waals surface area contributed by atoms with Gasteiger partial charge in [0.05, 0.1) is 5.69 Å². The van der Waals surface area contributed by atoms with Crippen LogP contribution in [0.5, 0.6) is 0 Å². The Morgan fingerprint density at radius 2 is 2.17 bits per heavy atom. The number of hydrogen-bond donors (Lipinski definition) is 2. The molecule has 6 heteroatoms. The number of amides is 1. The Labute approximate surface area is 135 Å². The Hall–Kier alpha value is -2.47. The van der Waals surface area contributed by atoms with E-state index in [1.165, 1.54) is 0 Å². The molecule has 2 aromatic rings. The van der Waals surface area contributed by atoms with E-state index in [-0.39, 0.29) is 11.9 Å². The number of nitrogens with one attached hydrogen (secondary N) is 2. The van der Waals surface area contributed by atoms with Crippen molar-refractivity contribution in [3.8, 4) is 0 Å². The van der Waals surface area contributed by atoms with Crippen LogP contribution in [0.3, 0.4) is 0 Å². The molecule has 1 aliphatic heterocycles. The van der Waals surface area contributed by atoms with Crippen molar-refractivity contribution in [2.75, 3.05) is 25.0 Å². The van der Waals surface area contributed by atoms with Gasteiger partial charge in [-0.1, -0.05) is 6.07 Å². The largest absolute Gasteiger partial charge is 0.339 e. The summed E-state index contributed by atoms with van der Waals surface area (Å²) in [6, 6.07) is 11.5. The van der Waals surface area contributed by atoms with Crippen LogP contribution in [0, 0.1) is 6.92 Å². The molecule has 120 valence electrons. The molecule has 1 aromatic carbocycles. The minimum atomic E-state index is 0.0673. The molecule has 0 unspecified atom stereocenters. The molecule has 6 nitrogen and oxygen atoms in total. The van der Waals surface area contributed by atoms with Gasteiger partial charge in [0.2, 0.25) is 0 Å². The number of aryl methyl sites for hydroxylation is 1. The molecule has 3 rings (SSSR count). The molecular weight excluding hydrogens is 290 g/mol. The smallest absolute Gasteiger partial charge is 0.254 e. The average Bonchev–Trinajstić information content (AvgIpc) is 2.57. The van der Waals surface area contributed by atoms with E-state index in [0.29, 0.717) is 11.4 Å². The molecule has 0 spiro atoms. The fourth-order valence-corrected chi connectivity index (χ4v) is 2.65. The van der Waals surface area contributed by atoms with Gasteiger partial charge < -0.3 is 15.5 Å². The summed E-state index contributed by atoms with van der Waals surface area (Å²) in [6.45, 7) is 6.37. The van der Waals surface area contributed by atoms with Gasteiger partial charge in [0, 0.05) is 36.9 Å². The minimum Gasteiger partial charge on any atom is -0.339 e. The first kappa shape index (κ1) is 15.4. The van der Waals surface area contributed by atoms with Gasteiger partial charge in [-0.2, -0.15) is 5.10 Å². The maximum Gasteiger partial charge on any atom is 0.254 e. The first-order valence-electron chi connectivity index (χ1n) is 7.82. The Kier molecular flexibility index (Phi) is 4.52. The number of hydrogen-bond acceptors (Lipinski definition) is 5. The molecule has 2 N–H and O–H groups in total. The minimum absolute atomic E-state index is 0.0673. The summed E-state index contributed by atoms with van der Waals surface area (Å²) in [6.07, 6.45) is 0. The maximum absolute atomic E-state index is 12.7. The number of aromatic nitrogens is 2. The van der Waals surface area contributed by atoms with Gasteiger partial charge in [-0.3, -0.25) is 4.79 Å². The van der Waals surface area contributed by atoms with Crippen molar-refractivity contribution in [2.45, 2.75) is 19.9 Å². The lowest BCUT2D eigenvalue weighted by Gasteiger charge is -2.34. The molecule has 1 atom stereocenters. The standard InChI is InChI=1S/C17H21N5O/c1-12-6-7-16(21-20-12)19-15-5-3-4-14(10-15)17(23)22-9-8-18-11-13(22)2/h3-7,10,13,18H,8-9,11H2,1-2H3,(H,19,21)/t13-/m0/s1. The lowest BCUT2D eigenvalue weighted by molar-refractivity contribution is 0.0656. The van der Waals surface area contributed by atoms with Crippen LogP contribution in [-0.4, -0.2) is 46.7 Å². The summed E-state index contributed by atoms with van der Waals surface area (Å²) < 4.78 is 0. The summed E-state index contributed by atoms with van der Waals surface area (Å²) in [7, 11) is 0. The predicted octanol–water partition coefficient (Wildman–Crippen LogP) is 1.96. The topological polar surface area (TPSA) is 70.2 Å². The number of piperazine rings is 1. The highest BCUT2D eigenvalue weighted by Crippen LogP contribution is 2.18. The molecule has 0 saturated carbocycles. The third kappa shape index (κ3) is 3.65. The van der Waals surface area contributed by atoms with E-state index in [1.54, 1.807) is 0 Å². The third-order valence-electron chi connectivity index (χ3n) is 3.94. The molecule has 1 amide bonds. The van der Waals surface area contributed by atoms with Crippen molar-refractivity contribution in [1.82, 2.24) is 20.4 Å². The number of anilines is 2. The van der Waals surface area contributed by atoms with Gasteiger partial charge in [0.15, 0.2) is 5.82 Å². The van der Waals surface area contributed by atoms with Crippen LogP contribution in [0.2, 0.25) is 0 Å².